The molecular weight excluding hydrogens is 282 g/mol. The number of aliphatic imine (C=N–C) groups is 1. The molecule has 0 radical (unpaired) electrons. The van der Waals surface area contributed by atoms with E-state index in [2.05, 4.69) is 48.9 Å². The highest BCUT2D eigenvalue weighted by atomic mass is 35.5. The molecule has 1 aromatic heterocycles. The lowest BCUT2D eigenvalue weighted by atomic mass is 9.81. The van der Waals surface area contributed by atoms with Crippen LogP contribution in [0.5, 0.6) is 0 Å². The Balaban J connectivity index is 2.03. The number of halogens is 1. The molecule has 0 fully saturated rings. The van der Waals surface area contributed by atoms with Gasteiger partial charge in [-0.05, 0) is 23.6 Å². The Kier molecular flexibility index (Phi) is 3.54. The summed E-state index contributed by atoms with van der Waals surface area (Å²) in [6.07, 6.45) is 4.23. The molecule has 1 aliphatic heterocycles. The third-order valence-electron chi connectivity index (χ3n) is 3.60. The van der Waals surface area contributed by atoms with Crippen molar-refractivity contribution < 1.29 is 0 Å². The molecule has 0 spiro atoms. The topological polar surface area (TPSA) is 38.1 Å². The predicted octanol–water partition coefficient (Wildman–Crippen LogP) is 4.19. The van der Waals surface area contributed by atoms with Crippen LogP contribution in [0.15, 0.2) is 35.6 Å². The molecule has 1 aromatic carbocycles. The summed E-state index contributed by atoms with van der Waals surface area (Å²) in [5.41, 5.74) is 4.86. The molecule has 1 aliphatic rings. The van der Waals surface area contributed by atoms with E-state index in [0.29, 0.717) is 10.8 Å². The first kappa shape index (κ1) is 14.2. The lowest BCUT2D eigenvalue weighted by molar-refractivity contribution is 0.585. The maximum atomic E-state index is 5.84. The van der Waals surface area contributed by atoms with Gasteiger partial charge in [0, 0.05) is 35.6 Å². The van der Waals surface area contributed by atoms with E-state index in [1.54, 1.807) is 12.4 Å². The van der Waals surface area contributed by atoms with Gasteiger partial charge in [-0.25, -0.2) is 9.97 Å². The molecule has 2 heterocycles. The predicted molar refractivity (Wildman–Crippen MR) is 87.0 cm³/mol. The Labute approximate surface area is 130 Å². The minimum atomic E-state index is 0.0630. The molecule has 4 heteroatoms. The summed E-state index contributed by atoms with van der Waals surface area (Å²) in [5, 5.41) is 0.555. The SMILES string of the molecule is CC(C)(C)C1=NCCc2cc(-c3ncc(Cl)cn3)ccc21. The fourth-order valence-electron chi connectivity index (χ4n) is 2.65. The van der Waals surface area contributed by atoms with Crippen molar-refractivity contribution in [2.45, 2.75) is 27.2 Å². The van der Waals surface area contributed by atoms with E-state index in [4.69, 9.17) is 16.6 Å². The van der Waals surface area contributed by atoms with Crippen molar-refractivity contribution in [3.63, 3.8) is 0 Å². The molecular formula is C17H18ClN3. The largest absolute Gasteiger partial charge is 0.288 e. The van der Waals surface area contributed by atoms with E-state index in [1.807, 2.05) is 0 Å². The van der Waals surface area contributed by atoms with Gasteiger partial charge in [-0.2, -0.15) is 0 Å². The Morgan fingerprint density at radius 1 is 1.10 bits per heavy atom. The Bertz CT molecular complexity index is 697. The Hall–Kier alpha value is -1.74. The van der Waals surface area contributed by atoms with Crippen molar-refractivity contribution in [3.8, 4) is 11.4 Å². The summed E-state index contributed by atoms with van der Waals surface area (Å²) >= 11 is 5.84. The fourth-order valence-corrected chi connectivity index (χ4v) is 2.74. The Morgan fingerprint density at radius 2 is 1.81 bits per heavy atom. The number of hydrogen-bond acceptors (Lipinski definition) is 3. The van der Waals surface area contributed by atoms with Gasteiger partial charge in [0.25, 0.3) is 0 Å². The first-order valence-electron chi connectivity index (χ1n) is 7.11. The summed E-state index contributed by atoms with van der Waals surface area (Å²) in [4.78, 5) is 13.3. The summed E-state index contributed by atoms with van der Waals surface area (Å²) in [6.45, 7) is 7.47. The summed E-state index contributed by atoms with van der Waals surface area (Å²) < 4.78 is 0. The second kappa shape index (κ2) is 5.23. The molecule has 3 nitrogen and oxygen atoms in total. The van der Waals surface area contributed by atoms with Crippen LogP contribution in [-0.4, -0.2) is 22.2 Å². The van der Waals surface area contributed by atoms with E-state index in [-0.39, 0.29) is 5.41 Å². The van der Waals surface area contributed by atoms with E-state index >= 15 is 0 Å². The monoisotopic (exact) mass is 299 g/mol. The second-order valence-electron chi connectivity index (χ2n) is 6.33. The van der Waals surface area contributed by atoms with Crippen molar-refractivity contribution in [2.75, 3.05) is 6.54 Å². The number of benzene rings is 1. The molecule has 0 unspecified atom stereocenters. The molecule has 0 amide bonds. The van der Waals surface area contributed by atoms with Gasteiger partial charge in [0.2, 0.25) is 0 Å². The van der Waals surface area contributed by atoms with E-state index in [9.17, 15) is 0 Å². The maximum absolute atomic E-state index is 5.84. The molecule has 3 rings (SSSR count). The fraction of sp³-hybridized carbons (Fsp3) is 0.353. The second-order valence-corrected chi connectivity index (χ2v) is 6.76. The molecule has 0 saturated carbocycles. The lowest BCUT2D eigenvalue weighted by Gasteiger charge is -2.27. The van der Waals surface area contributed by atoms with Crippen LogP contribution in [0.2, 0.25) is 5.02 Å². The minimum absolute atomic E-state index is 0.0630. The number of rotatable bonds is 1. The van der Waals surface area contributed by atoms with E-state index in [1.165, 1.54) is 16.8 Å². The molecule has 0 saturated heterocycles. The molecule has 21 heavy (non-hydrogen) atoms. The van der Waals surface area contributed by atoms with Gasteiger partial charge in [0.1, 0.15) is 0 Å². The maximum Gasteiger partial charge on any atom is 0.159 e. The summed E-state index contributed by atoms with van der Waals surface area (Å²) in [5.74, 6) is 0.710. The average Bonchev–Trinajstić information content (AvgIpc) is 2.46. The lowest BCUT2D eigenvalue weighted by Crippen LogP contribution is -2.26. The van der Waals surface area contributed by atoms with Crippen molar-refractivity contribution in [3.05, 3.63) is 46.7 Å². The van der Waals surface area contributed by atoms with Crippen LogP contribution in [0, 0.1) is 5.41 Å². The molecule has 0 aliphatic carbocycles. The zero-order chi connectivity index (χ0) is 15.0. The van der Waals surface area contributed by atoms with Crippen LogP contribution in [0.1, 0.15) is 31.9 Å². The van der Waals surface area contributed by atoms with Gasteiger partial charge in [-0.3, -0.25) is 4.99 Å². The normalized spacial score (nSPS) is 14.6. The summed E-state index contributed by atoms with van der Waals surface area (Å²) in [7, 11) is 0. The zero-order valence-electron chi connectivity index (χ0n) is 12.5. The highest BCUT2D eigenvalue weighted by molar-refractivity contribution is 6.30. The number of fused-ring (bicyclic) bond motifs is 1. The van der Waals surface area contributed by atoms with Crippen LogP contribution < -0.4 is 0 Å². The van der Waals surface area contributed by atoms with Gasteiger partial charge in [0.15, 0.2) is 5.82 Å². The van der Waals surface area contributed by atoms with E-state index < -0.39 is 0 Å². The average molecular weight is 300 g/mol. The smallest absolute Gasteiger partial charge is 0.159 e. The third-order valence-corrected chi connectivity index (χ3v) is 3.80. The van der Waals surface area contributed by atoms with Crippen LogP contribution in [0.4, 0.5) is 0 Å². The van der Waals surface area contributed by atoms with E-state index in [0.717, 1.165) is 18.5 Å². The van der Waals surface area contributed by atoms with Crippen LogP contribution >= 0.6 is 11.6 Å². The number of nitrogens with zero attached hydrogens (tertiary/aromatic N) is 3. The molecule has 2 aromatic rings. The van der Waals surface area contributed by atoms with Crippen LogP contribution in [0.25, 0.3) is 11.4 Å². The number of hydrogen-bond donors (Lipinski definition) is 0. The third kappa shape index (κ3) is 2.84. The summed E-state index contributed by atoms with van der Waals surface area (Å²) in [6, 6.07) is 6.39. The van der Waals surface area contributed by atoms with Gasteiger partial charge < -0.3 is 0 Å². The zero-order valence-corrected chi connectivity index (χ0v) is 13.3. The minimum Gasteiger partial charge on any atom is -0.288 e. The van der Waals surface area contributed by atoms with Crippen molar-refractivity contribution >= 4 is 17.3 Å². The van der Waals surface area contributed by atoms with Crippen molar-refractivity contribution in [1.82, 2.24) is 9.97 Å². The highest BCUT2D eigenvalue weighted by Crippen LogP contribution is 2.30. The first-order valence-corrected chi connectivity index (χ1v) is 7.49. The highest BCUT2D eigenvalue weighted by Gasteiger charge is 2.25. The van der Waals surface area contributed by atoms with Crippen molar-refractivity contribution in [2.24, 2.45) is 10.4 Å². The molecule has 0 bridgehead atoms. The molecule has 108 valence electrons. The van der Waals surface area contributed by atoms with Crippen LogP contribution in [0.3, 0.4) is 0 Å². The van der Waals surface area contributed by atoms with Crippen LogP contribution in [-0.2, 0) is 6.42 Å². The van der Waals surface area contributed by atoms with Crippen molar-refractivity contribution in [1.29, 1.82) is 0 Å². The molecule has 0 atom stereocenters. The van der Waals surface area contributed by atoms with Gasteiger partial charge in [-0.1, -0.05) is 44.5 Å². The standard InChI is InChI=1S/C17H18ClN3/c1-17(2,3)15-14-5-4-12(8-11(14)6-7-19-15)16-20-9-13(18)10-21-16/h4-5,8-10H,6-7H2,1-3H3. The van der Waals surface area contributed by atoms with Gasteiger partial charge in [-0.15, -0.1) is 0 Å². The number of aromatic nitrogens is 2. The van der Waals surface area contributed by atoms with Gasteiger partial charge >= 0.3 is 0 Å². The quantitative estimate of drug-likeness (QED) is 0.792. The first-order chi connectivity index (χ1) is 9.95. The van der Waals surface area contributed by atoms with Gasteiger partial charge in [0.05, 0.1) is 5.02 Å². The molecule has 0 N–H and O–H groups in total. The Morgan fingerprint density at radius 3 is 2.48 bits per heavy atom.